The van der Waals surface area contributed by atoms with Crippen LogP contribution >= 0.6 is 0 Å². The van der Waals surface area contributed by atoms with Gasteiger partial charge in [0.25, 0.3) is 0 Å². The Morgan fingerprint density at radius 2 is 1.92 bits per heavy atom. The van der Waals surface area contributed by atoms with Gasteiger partial charge in [-0.2, -0.15) is 18.2 Å². The number of aliphatic hydroxyl groups is 1. The first-order valence-electron chi connectivity index (χ1n) is 12.8. The van der Waals surface area contributed by atoms with Gasteiger partial charge in [-0.05, 0) is 18.9 Å². The molecular formula is C24H32F3N9O2. The lowest BCUT2D eigenvalue weighted by Gasteiger charge is -2.29. The number of alkyl halides is 3. The second-order valence-corrected chi connectivity index (χ2v) is 9.55. The van der Waals surface area contributed by atoms with Crippen LogP contribution in [0.15, 0.2) is 24.8 Å². The van der Waals surface area contributed by atoms with E-state index >= 15 is 0 Å². The van der Waals surface area contributed by atoms with Crippen LogP contribution in [0.3, 0.4) is 0 Å². The molecule has 3 N–H and O–H groups in total. The third-order valence-electron chi connectivity index (χ3n) is 6.70. The van der Waals surface area contributed by atoms with Gasteiger partial charge in [0.15, 0.2) is 5.82 Å². The number of nitrogens with zero attached hydrogens (tertiary/aromatic N) is 7. The van der Waals surface area contributed by atoms with Crippen LogP contribution < -0.4 is 15.5 Å². The number of halogens is 3. The number of hydrogen-bond acceptors (Lipinski definition) is 10. The second-order valence-electron chi connectivity index (χ2n) is 9.55. The molecule has 2 fully saturated rings. The smallest absolute Gasteiger partial charge is 0.393 e. The molecule has 0 aromatic carbocycles. The van der Waals surface area contributed by atoms with Crippen LogP contribution in [0.5, 0.6) is 0 Å². The number of fused-ring (bicyclic) bond motifs is 1. The van der Waals surface area contributed by atoms with E-state index in [4.69, 9.17) is 14.7 Å². The van der Waals surface area contributed by atoms with Gasteiger partial charge in [-0.1, -0.05) is 0 Å². The van der Waals surface area contributed by atoms with Crippen LogP contribution in [0.4, 0.5) is 30.8 Å². The van der Waals surface area contributed by atoms with Crippen LogP contribution in [-0.4, -0.2) is 99.3 Å². The number of aliphatic hydroxyl groups excluding tert-OH is 1. The summed E-state index contributed by atoms with van der Waals surface area (Å²) in [6, 6.07) is 1.72. The Morgan fingerprint density at radius 3 is 2.63 bits per heavy atom. The molecule has 38 heavy (non-hydrogen) atoms. The Balaban J connectivity index is 1.53. The van der Waals surface area contributed by atoms with Crippen molar-refractivity contribution >= 4 is 28.6 Å². The molecule has 0 saturated carbocycles. The van der Waals surface area contributed by atoms with E-state index in [0.29, 0.717) is 42.5 Å². The number of ether oxygens (including phenoxy) is 1. The summed E-state index contributed by atoms with van der Waals surface area (Å²) in [5.74, 6) is 1.63. The summed E-state index contributed by atoms with van der Waals surface area (Å²) in [5, 5.41) is 16.5. The van der Waals surface area contributed by atoms with E-state index in [0.717, 1.165) is 50.3 Å². The lowest BCUT2D eigenvalue weighted by atomic mass is 10.1. The van der Waals surface area contributed by atoms with E-state index in [1.54, 1.807) is 12.3 Å². The minimum Gasteiger partial charge on any atom is -0.393 e. The first kappa shape index (κ1) is 26.5. The zero-order valence-corrected chi connectivity index (χ0v) is 21.0. The summed E-state index contributed by atoms with van der Waals surface area (Å²) >= 11 is 0. The zero-order chi connectivity index (χ0) is 26.5. The van der Waals surface area contributed by atoms with Gasteiger partial charge in [-0.25, -0.2) is 15.0 Å². The van der Waals surface area contributed by atoms with Gasteiger partial charge < -0.3 is 29.9 Å². The van der Waals surface area contributed by atoms with Crippen molar-refractivity contribution < 1.29 is 23.0 Å². The van der Waals surface area contributed by atoms with Crippen molar-refractivity contribution in [2.24, 2.45) is 0 Å². The Kier molecular flexibility index (Phi) is 8.21. The van der Waals surface area contributed by atoms with Crippen LogP contribution in [0.25, 0.3) is 11.0 Å². The molecule has 0 unspecified atom stereocenters. The predicted molar refractivity (Wildman–Crippen MR) is 135 cm³/mol. The minimum absolute atomic E-state index is 0.120. The fraction of sp³-hybridized carbons (Fsp3) is 0.583. The van der Waals surface area contributed by atoms with Gasteiger partial charge in [-0.15, -0.1) is 0 Å². The number of likely N-dealkylation sites (tertiary alicyclic amines) is 1. The lowest BCUT2D eigenvalue weighted by Crippen LogP contribution is -2.44. The molecule has 0 radical (unpaired) electrons. The van der Waals surface area contributed by atoms with Crippen LogP contribution in [-0.2, 0) is 17.8 Å². The quantitative estimate of drug-likeness (QED) is 0.351. The summed E-state index contributed by atoms with van der Waals surface area (Å²) in [7, 11) is 0. The molecule has 5 heterocycles. The Bertz CT molecular complexity index is 1190. The number of aromatic nitrogens is 5. The number of hydrogen-bond donors (Lipinski definition) is 3. The van der Waals surface area contributed by atoms with E-state index in [-0.39, 0.29) is 19.3 Å². The summed E-state index contributed by atoms with van der Waals surface area (Å²) in [6.45, 7) is 4.02. The fourth-order valence-electron chi connectivity index (χ4n) is 4.79. The number of rotatable bonds is 9. The zero-order valence-electron chi connectivity index (χ0n) is 21.0. The van der Waals surface area contributed by atoms with Crippen molar-refractivity contribution in [2.45, 2.75) is 38.2 Å². The van der Waals surface area contributed by atoms with E-state index < -0.39 is 12.8 Å². The van der Waals surface area contributed by atoms with Crippen LogP contribution in [0, 0.1) is 0 Å². The Hall–Kier alpha value is -3.07. The largest absolute Gasteiger partial charge is 0.411 e. The number of anilines is 3. The molecule has 0 spiro atoms. The molecular weight excluding hydrogens is 503 g/mol. The van der Waals surface area contributed by atoms with Gasteiger partial charge in [-0.3, -0.25) is 4.90 Å². The Morgan fingerprint density at radius 1 is 1.13 bits per heavy atom. The number of piperidine rings is 1. The molecule has 0 atom stereocenters. The number of nitrogens with one attached hydrogen (secondary N) is 2. The molecule has 5 rings (SSSR count). The fourth-order valence-corrected chi connectivity index (χ4v) is 4.79. The van der Waals surface area contributed by atoms with E-state index in [2.05, 4.69) is 30.4 Å². The first-order valence-corrected chi connectivity index (χ1v) is 12.8. The normalized spacial score (nSPS) is 17.8. The second kappa shape index (κ2) is 11.8. The van der Waals surface area contributed by atoms with Crippen molar-refractivity contribution in [3.05, 3.63) is 30.4 Å². The van der Waals surface area contributed by atoms with Crippen molar-refractivity contribution in [1.82, 2.24) is 34.7 Å². The van der Waals surface area contributed by atoms with Gasteiger partial charge in [0.2, 0.25) is 5.95 Å². The third kappa shape index (κ3) is 6.67. The summed E-state index contributed by atoms with van der Waals surface area (Å²) in [6.07, 6.45) is 1.70. The summed E-state index contributed by atoms with van der Waals surface area (Å²) in [4.78, 5) is 22.4. The van der Waals surface area contributed by atoms with Crippen molar-refractivity contribution in [3.63, 3.8) is 0 Å². The monoisotopic (exact) mass is 535 g/mol. The molecule has 0 amide bonds. The maximum absolute atomic E-state index is 12.6. The lowest BCUT2D eigenvalue weighted by molar-refractivity contribution is -0.174. The van der Waals surface area contributed by atoms with Gasteiger partial charge in [0.1, 0.15) is 29.8 Å². The molecule has 3 aromatic rings. The van der Waals surface area contributed by atoms with Gasteiger partial charge >= 0.3 is 6.18 Å². The van der Waals surface area contributed by atoms with Crippen LogP contribution in [0.1, 0.15) is 18.4 Å². The maximum atomic E-state index is 12.6. The summed E-state index contributed by atoms with van der Waals surface area (Å²) in [5.41, 5.74) is 2.34. The van der Waals surface area contributed by atoms with Crippen molar-refractivity contribution in [2.75, 3.05) is 62.7 Å². The average Bonchev–Trinajstić information content (AvgIpc) is 3.26. The molecule has 0 aliphatic carbocycles. The van der Waals surface area contributed by atoms with Gasteiger partial charge in [0.05, 0.1) is 12.7 Å². The maximum Gasteiger partial charge on any atom is 0.411 e. The first-order chi connectivity index (χ1) is 18.4. The van der Waals surface area contributed by atoms with E-state index in [9.17, 15) is 18.3 Å². The molecule has 2 aliphatic rings. The molecule has 3 aromatic heterocycles. The molecule has 0 bridgehead atoms. The highest BCUT2D eigenvalue weighted by atomic mass is 19.4. The summed E-state index contributed by atoms with van der Waals surface area (Å²) < 4.78 is 44.7. The topological polar surface area (TPSA) is 116 Å². The molecule has 2 saturated heterocycles. The average molecular weight is 536 g/mol. The van der Waals surface area contributed by atoms with Crippen molar-refractivity contribution in [1.29, 1.82) is 0 Å². The van der Waals surface area contributed by atoms with Crippen LogP contribution in [0.2, 0.25) is 0 Å². The van der Waals surface area contributed by atoms with E-state index in [1.807, 2.05) is 10.8 Å². The Labute approximate surface area is 218 Å². The molecule has 11 nitrogen and oxygen atoms in total. The predicted octanol–water partition coefficient (Wildman–Crippen LogP) is 1.91. The highest BCUT2D eigenvalue weighted by Crippen LogP contribution is 2.31. The van der Waals surface area contributed by atoms with Crippen molar-refractivity contribution in [3.8, 4) is 0 Å². The molecule has 206 valence electrons. The van der Waals surface area contributed by atoms with Gasteiger partial charge in [0, 0.05) is 70.3 Å². The SMILES string of the molecule is OC1CCN(Cc2cn(CCOCC(F)(F)F)c3c(Nc4ccncn4)nc(N4CCNCC4)nc23)CC1. The minimum atomic E-state index is -4.39. The third-order valence-corrected chi connectivity index (χ3v) is 6.70. The highest BCUT2D eigenvalue weighted by molar-refractivity contribution is 5.91. The molecule has 14 heteroatoms. The highest BCUT2D eigenvalue weighted by Gasteiger charge is 2.28. The number of piperazine rings is 1. The standard InChI is InChI=1S/C24H32F3N9O2/c25-24(26,27)15-38-12-11-36-14-17(13-34-7-2-18(37)3-8-34)20-21(36)22(31-19-1-4-29-16-30-19)33-23(32-20)35-9-5-28-6-10-35/h1,4,14,16,18,28,37H,2-3,5-13,15H2,(H,29,30,31,32,33). The van der Waals surface area contributed by atoms with E-state index in [1.165, 1.54) is 6.33 Å². The molecule has 2 aliphatic heterocycles.